The van der Waals surface area contributed by atoms with Crippen molar-refractivity contribution in [2.24, 2.45) is 0 Å². The lowest BCUT2D eigenvalue weighted by atomic mass is 10.2. The number of amides is 2. The maximum absolute atomic E-state index is 12.6. The van der Waals surface area contributed by atoms with Crippen LogP contribution < -0.4 is 20.3 Å². The molecule has 0 aliphatic heterocycles. The standard InChI is InChI=1S/C25H32N6O2/c1-4-14-31(15-5-2)23-18-22(28-24(32)27-21-11-8-9-19(3)17-21)29-25(30-23)33-16-12-20-10-6-7-13-26-20/h6-11,13,17-18H,4-5,12,14-16H2,1-3H3,(H2,27,28,29,30,32). The maximum Gasteiger partial charge on any atom is 0.324 e. The Kier molecular flexibility index (Phi) is 8.99. The second-order valence-electron chi connectivity index (χ2n) is 7.75. The summed E-state index contributed by atoms with van der Waals surface area (Å²) in [6.07, 6.45) is 4.36. The number of aromatic nitrogens is 3. The van der Waals surface area contributed by atoms with E-state index in [1.54, 1.807) is 12.3 Å². The third-order valence-corrected chi connectivity index (χ3v) is 4.84. The summed E-state index contributed by atoms with van der Waals surface area (Å²) in [7, 11) is 0. The van der Waals surface area contributed by atoms with Crippen LogP contribution in [0.25, 0.3) is 0 Å². The summed E-state index contributed by atoms with van der Waals surface area (Å²) in [6.45, 7) is 8.33. The number of anilines is 3. The maximum atomic E-state index is 12.6. The normalized spacial score (nSPS) is 10.5. The number of carbonyl (C=O) groups is 1. The van der Waals surface area contributed by atoms with Crippen LogP contribution >= 0.6 is 0 Å². The molecule has 2 aromatic heterocycles. The molecular formula is C25H32N6O2. The number of carbonyl (C=O) groups excluding carboxylic acids is 1. The van der Waals surface area contributed by atoms with E-state index in [-0.39, 0.29) is 12.0 Å². The van der Waals surface area contributed by atoms with Crippen molar-refractivity contribution in [1.29, 1.82) is 0 Å². The van der Waals surface area contributed by atoms with Crippen molar-refractivity contribution in [3.63, 3.8) is 0 Å². The van der Waals surface area contributed by atoms with Crippen molar-refractivity contribution < 1.29 is 9.53 Å². The monoisotopic (exact) mass is 448 g/mol. The molecule has 0 saturated heterocycles. The zero-order chi connectivity index (χ0) is 23.5. The molecule has 0 aliphatic carbocycles. The Hall–Kier alpha value is -3.68. The van der Waals surface area contributed by atoms with E-state index in [4.69, 9.17) is 4.74 Å². The van der Waals surface area contributed by atoms with Crippen LogP contribution in [0, 0.1) is 6.92 Å². The van der Waals surface area contributed by atoms with E-state index in [9.17, 15) is 4.79 Å². The number of hydrogen-bond donors (Lipinski definition) is 2. The highest BCUT2D eigenvalue weighted by Crippen LogP contribution is 2.21. The van der Waals surface area contributed by atoms with Crippen molar-refractivity contribution in [3.05, 3.63) is 66.0 Å². The third-order valence-electron chi connectivity index (χ3n) is 4.84. The topological polar surface area (TPSA) is 92.3 Å². The molecule has 33 heavy (non-hydrogen) atoms. The van der Waals surface area contributed by atoms with Crippen LogP contribution in [-0.2, 0) is 6.42 Å². The number of rotatable bonds is 11. The predicted molar refractivity (Wildman–Crippen MR) is 132 cm³/mol. The Morgan fingerprint density at radius 3 is 2.52 bits per heavy atom. The van der Waals surface area contributed by atoms with Crippen molar-refractivity contribution in [2.45, 2.75) is 40.0 Å². The molecule has 0 radical (unpaired) electrons. The average Bonchev–Trinajstić information content (AvgIpc) is 2.79. The number of pyridine rings is 1. The van der Waals surface area contributed by atoms with Gasteiger partial charge in [-0.05, 0) is 49.6 Å². The smallest absolute Gasteiger partial charge is 0.324 e. The van der Waals surface area contributed by atoms with Gasteiger partial charge in [-0.3, -0.25) is 10.3 Å². The molecule has 2 amide bonds. The number of ether oxygens (including phenoxy) is 1. The first-order valence-corrected chi connectivity index (χ1v) is 11.4. The summed E-state index contributed by atoms with van der Waals surface area (Å²) in [5.74, 6) is 1.11. The van der Waals surface area contributed by atoms with Crippen molar-refractivity contribution >= 4 is 23.4 Å². The minimum Gasteiger partial charge on any atom is -0.463 e. The first-order chi connectivity index (χ1) is 16.1. The lowest BCUT2D eigenvalue weighted by Crippen LogP contribution is -2.27. The second-order valence-corrected chi connectivity index (χ2v) is 7.75. The fourth-order valence-corrected chi connectivity index (χ4v) is 3.38. The fourth-order valence-electron chi connectivity index (χ4n) is 3.38. The van der Waals surface area contributed by atoms with Crippen LogP contribution in [0.15, 0.2) is 54.7 Å². The molecule has 8 heteroatoms. The van der Waals surface area contributed by atoms with E-state index in [2.05, 4.69) is 44.3 Å². The molecule has 1 aromatic carbocycles. The van der Waals surface area contributed by atoms with Crippen molar-refractivity contribution in [1.82, 2.24) is 15.0 Å². The van der Waals surface area contributed by atoms with Gasteiger partial charge in [0.1, 0.15) is 11.6 Å². The summed E-state index contributed by atoms with van der Waals surface area (Å²) in [6, 6.07) is 15.0. The lowest BCUT2D eigenvalue weighted by molar-refractivity contribution is 0.262. The Morgan fingerprint density at radius 2 is 1.82 bits per heavy atom. The van der Waals surface area contributed by atoms with Crippen LogP contribution in [0.5, 0.6) is 6.01 Å². The molecule has 2 heterocycles. The van der Waals surface area contributed by atoms with E-state index >= 15 is 0 Å². The number of aryl methyl sites for hydroxylation is 1. The largest absolute Gasteiger partial charge is 0.463 e. The summed E-state index contributed by atoms with van der Waals surface area (Å²) in [5.41, 5.74) is 2.71. The van der Waals surface area contributed by atoms with Gasteiger partial charge in [-0.2, -0.15) is 9.97 Å². The van der Waals surface area contributed by atoms with E-state index < -0.39 is 0 Å². The van der Waals surface area contributed by atoms with Gasteiger partial charge in [0, 0.05) is 43.2 Å². The van der Waals surface area contributed by atoms with Gasteiger partial charge in [0.25, 0.3) is 0 Å². The lowest BCUT2D eigenvalue weighted by Gasteiger charge is -2.23. The van der Waals surface area contributed by atoms with Gasteiger partial charge >= 0.3 is 12.0 Å². The molecule has 0 atom stereocenters. The van der Waals surface area contributed by atoms with E-state index in [0.29, 0.717) is 24.5 Å². The van der Waals surface area contributed by atoms with Gasteiger partial charge in [-0.25, -0.2) is 4.79 Å². The molecular weight excluding hydrogens is 416 g/mol. The molecule has 0 fully saturated rings. The number of nitrogens with zero attached hydrogens (tertiary/aromatic N) is 4. The van der Waals surface area contributed by atoms with Gasteiger partial charge in [0.2, 0.25) is 0 Å². The quantitative estimate of drug-likeness (QED) is 0.425. The van der Waals surface area contributed by atoms with E-state index in [0.717, 1.165) is 43.0 Å². The summed E-state index contributed by atoms with van der Waals surface area (Å²) in [4.78, 5) is 28.1. The minimum atomic E-state index is -0.373. The highest BCUT2D eigenvalue weighted by Gasteiger charge is 2.14. The highest BCUT2D eigenvalue weighted by molar-refractivity contribution is 5.99. The molecule has 0 aliphatic rings. The third kappa shape index (κ3) is 7.75. The molecule has 3 rings (SSSR count). The Bertz CT molecular complexity index is 1020. The van der Waals surface area contributed by atoms with Gasteiger partial charge in [0.05, 0.1) is 6.61 Å². The number of hydrogen-bond acceptors (Lipinski definition) is 6. The molecule has 3 aromatic rings. The van der Waals surface area contributed by atoms with Crippen LogP contribution in [0.4, 0.5) is 22.1 Å². The van der Waals surface area contributed by atoms with Crippen LogP contribution in [0.2, 0.25) is 0 Å². The molecule has 0 saturated carbocycles. The van der Waals surface area contributed by atoms with E-state index in [1.165, 1.54) is 0 Å². The van der Waals surface area contributed by atoms with E-state index in [1.807, 2.05) is 49.4 Å². The van der Waals surface area contributed by atoms with Gasteiger partial charge in [-0.1, -0.05) is 32.0 Å². The molecule has 2 N–H and O–H groups in total. The molecule has 8 nitrogen and oxygen atoms in total. The number of urea groups is 1. The Morgan fingerprint density at radius 1 is 1.00 bits per heavy atom. The molecule has 0 spiro atoms. The van der Waals surface area contributed by atoms with Crippen molar-refractivity contribution in [2.75, 3.05) is 35.2 Å². The average molecular weight is 449 g/mol. The predicted octanol–water partition coefficient (Wildman–Crippen LogP) is 5.07. The first kappa shape index (κ1) is 24.0. The van der Waals surface area contributed by atoms with Crippen LogP contribution in [0.3, 0.4) is 0 Å². The van der Waals surface area contributed by atoms with Crippen LogP contribution in [0.1, 0.15) is 37.9 Å². The summed E-state index contributed by atoms with van der Waals surface area (Å²) in [5, 5.41) is 5.66. The second kappa shape index (κ2) is 12.4. The molecule has 0 unspecified atom stereocenters. The van der Waals surface area contributed by atoms with Crippen LogP contribution in [-0.4, -0.2) is 40.7 Å². The minimum absolute atomic E-state index is 0.228. The van der Waals surface area contributed by atoms with Gasteiger partial charge in [0.15, 0.2) is 0 Å². The zero-order valence-corrected chi connectivity index (χ0v) is 19.5. The Balaban J connectivity index is 1.75. The van der Waals surface area contributed by atoms with Gasteiger partial charge in [-0.15, -0.1) is 0 Å². The number of benzene rings is 1. The van der Waals surface area contributed by atoms with Crippen molar-refractivity contribution in [3.8, 4) is 6.01 Å². The number of nitrogens with one attached hydrogen (secondary N) is 2. The molecule has 0 bridgehead atoms. The summed E-state index contributed by atoms with van der Waals surface area (Å²) >= 11 is 0. The fraction of sp³-hybridized carbons (Fsp3) is 0.360. The Labute approximate surface area is 195 Å². The first-order valence-electron chi connectivity index (χ1n) is 11.4. The zero-order valence-electron chi connectivity index (χ0n) is 19.5. The van der Waals surface area contributed by atoms with Gasteiger partial charge < -0.3 is 15.0 Å². The summed E-state index contributed by atoms with van der Waals surface area (Å²) < 4.78 is 5.85. The highest BCUT2D eigenvalue weighted by atomic mass is 16.5. The SMILES string of the molecule is CCCN(CCC)c1cc(NC(=O)Nc2cccc(C)c2)nc(OCCc2ccccn2)n1. The molecule has 174 valence electrons.